The maximum atomic E-state index is 11.4. The second kappa shape index (κ2) is 11.4. The average molecular weight is 640 g/mol. The van der Waals surface area contributed by atoms with Crippen molar-refractivity contribution in [3.05, 3.63) is 70.3 Å². The molecular weight excluding hydrogens is 613 g/mol. The van der Waals surface area contributed by atoms with E-state index in [0.29, 0.717) is 39.6 Å². The number of halogens is 2. The van der Waals surface area contributed by atoms with Crippen LogP contribution >= 0.6 is 23.2 Å². The number of oxazole rings is 1. The van der Waals surface area contributed by atoms with Crippen LogP contribution in [0.5, 0.6) is 0 Å². The monoisotopic (exact) mass is 638 g/mol. The van der Waals surface area contributed by atoms with Crippen LogP contribution in [0.3, 0.4) is 0 Å². The van der Waals surface area contributed by atoms with Crippen molar-refractivity contribution in [2.24, 2.45) is 0 Å². The zero-order chi connectivity index (χ0) is 29.5. The molecule has 3 aromatic carbocycles. The van der Waals surface area contributed by atoms with Crippen LogP contribution < -0.4 is 14.4 Å². The largest absolute Gasteiger partial charge is 0.748 e. The summed E-state index contributed by atoms with van der Waals surface area (Å²) in [4.78, 5) is 3.81. The quantitative estimate of drug-likeness (QED) is 0.179. The third-order valence-corrected chi connectivity index (χ3v) is 9.19. The van der Waals surface area contributed by atoms with Crippen molar-refractivity contribution >= 4 is 82.8 Å². The fourth-order valence-electron chi connectivity index (χ4n) is 5.19. The Labute approximate surface area is 247 Å². The van der Waals surface area contributed by atoms with Gasteiger partial charge in [-0.25, -0.2) is 16.8 Å². The number of nitrogens with zero attached hydrogens (tertiary/aromatic N) is 3. The molecule has 10 nitrogen and oxygen atoms in total. The molecule has 0 bridgehead atoms. The molecule has 0 saturated heterocycles. The van der Waals surface area contributed by atoms with Crippen LogP contribution in [0.25, 0.3) is 27.9 Å². The zero-order valence-electron chi connectivity index (χ0n) is 21.9. The molecule has 0 N–H and O–H groups in total. The highest BCUT2D eigenvalue weighted by Crippen LogP contribution is 2.46. The molecule has 0 saturated carbocycles. The molecular formula is C27H26Cl2N3O7S2-. The van der Waals surface area contributed by atoms with E-state index in [9.17, 15) is 25.9 Å². The van der Waals surface area contributed by atoms with Crippen LogP contribution in [0.4, 0.5) is 11.4 Å². The Kier molecular flexibility index (Phi) is 8.25. The molecule has 4 aromatic rings. The summed E-state index contributed by atoms with van der Waals surface area (Å²) in [7, 11) is -8.85. The molecule has 2 heterocycles. The van der Waals surface area contributed by atoms with Crippen LogP contribution in [0.1, 0.15) is 25.7 Å². The van der Waals surface area contributed by atoms with E-state index in [1.54, 1.807) is 18.2 Å². The third kappa shape index (κ3) is 6.32. The van der Waals surface area contributed by atoms with Crippen molar-refractivity contribution < 1.29 is 34.9 Å². The Morgan fingerprint density at radius 3 is 2.20 bits per heavy atom. The maximum Gasteiger partial charge on any atom is 0.377 e. The van der Waals surface area contributed by atoms with Crippen molar-refractivity contribution in [3.8, 4) is 0 Å². The summed E-state index contributed by atoms with van der Waals surface area (Å²) in [6, 6.07) is 14.9. The first-order valence-electron chi connectivity index (χ1n) is 12.8. The predicted molar refractivity (Wildman–Crippen MR) is 157 cm³/mol. The van der Waals surface area contributed by atoms with Gasteiger partial charge in [0.25, 0.3) is 5.52 Å². The van der Waals surface area contributed by atoms with Gasteiger partial charge in [0.1, 0.15) is 5.82 Å². The first-order chi connectivity index (χ1) is 19.4. The predicted octanol–water partition coefficient (Wildman–Crippen LogP) is 4.70. The average Bonchev–Trinajstić information content (AvgIpc) is 3.38. The molecule has 1 aliphatic rings. The molecule has 218 valence electrons. The van der Waals surface area contributed by atoms with Gasteiger partial charge >= 0.3 is 5.89 Å². The number of aromatic nitrogens is 1. The lowest BCUT2D eigenvalue weighted by Crippen LogP contribution is -2.37. The van der Waals surface area contributed by atoms with E-state index in [4.69, 9.17) is 27.6 Å². The van der Waals surface area contributed by atoms with Gasteiger partial charge in [-0.2, -0.15) is 4.57 Å². The first kappa shape index (κ1) is 29.6. The number of fused-ring (bicyclic) bond motifs is 4. The third-order valence-electron chi connectivity index (χ3n) is 6.89. The molecule has 5 rings (SSSR count). The van der Waals surface area contributed by atoms with Gasteiger partial charge in [0.05, 0.1) is 53.1 Å². The fourth-order valence-corrected chi connectivity index (χ4v) is 6.47. The zero-order valence-corrected chi connectivity index (χ0v) is 25.1. The number of anilines is 2. The summed E-state index contributed by atoms with van der Waals surface area (Å²) < 4.78 is 76.3. The molecule has 1 aliphatic heterocycles. The van der Waals surface area contributed by atoms with Crippen molar-refractivity contribution in [2.75, 3.05) is 34.4 Å². The SMILES string of the molecule is CCN1/C(=C\c2oc3ccc4ccccc4c3[n+]2CCCS(=O)(=O)[O-])N(CCCS(=O)(=O)[O-])c2cc(Cl)c(Cl)cc21. The summed E-state index contributed by atoms with van der Waals surface area (Å²) in [6.07, 6.45) is 1.91. The summed E-state index contributed by atoms with van der Waals surface area (Å²) in [6.45, 7) is 2.81. The smallest absolute Gasteiger partial charge is 0.377 e. The maximum absolute atomic E-state index is 11.4. The Hall–Kier alpha value is -2.87. The summed E-state index contributed by atoms with van der Waals surface area (Å²) >= 11 is 12.7. The van der Waals surface area contributed by atoms with Crippen molar-refractivity contribution in [1.29, 1.82) is 0 Å². The van der Waals surface area contributed by atoms with Gasteiger partial charge in [-0.1, -0.05) is 47.5 Å². The summed E-state index contributed by atoms with van der Waals surface area (Å²) in [5.74, 6) is -0.0654. The van der Waals surface area contributed by atoms with Gasteiger partial charge < -0.3 is 23.3 Å². The lowest BCUT2D eigenvalue weighted by molar-refractivity contribution is -0.677. The molecule has 0 spiro atoms. The topological polar surface area (TPSA) is 138 Å². The fraction of sp³-hybridized carbons (Fsp3) is 0.296. The van der Waals surface area contributed by atoms with Crippen LogP contribution in [0.2, 0.25) is 10.0 Å². The van der Waals surface area contributed by atoms with Gasteiger partial charge in [-0.3, -0.25) is 0 Å². The molecule has 14 heteroatoms. The van der Waals surface area contributed by atoms with E-state index >= 15 is 0 Å². The molecule has 0 atom stereocenters. The van der Waals surface area contributed by atoms with E-state index in [2.05, 4.69) is 0 Å². The second-order valence-corrected chi connectivity index (χ2v) is 13.5. The Morgan fingerprint density at radius 1 is 0.902 bits per heavy atom. The van der Waals surface area contributed by atoms with Crippen LogP contribution in [-0.4, -0.2) is 50.5 Å². The Bertz CT molecular complexity index is 1890. The minimum absolute atomic E-state index is 0.0620. The van der Waals surface area contributed by atoms with Crippen LogP contribution in [0, 0.1) is 0 Å². The highest BCUT2D eigenvalue weighted by molar-refractivity contribution is 7.85. The minimum atomic E-state index is -4.42. The molecule has 41 heavy (non-hydrogen) atoms. The molecule has 1 aromatic heterocycles. The van der Waals surface area contributed by atoms with Gasteiger partial charge in [0.15, 0.2) is 6.54 Å². The number of hydrogen-bond donors (Lipinski definition) is 0. The van der Waals surface area contributed by atoms with Gasteiger partial charge in [-0.05, 0) is 43.0 Å². The van der Waals surface area contributed by atoms with Gasteiger partial charge in [0, 0.05) is 31.0 Å². The molecule has 0 unspecified atom stereocenters. The van der Waals surface area contributed by atoms with Gasteiger partial charge in [0.2, 0.25) is 5.58 Å². The number of benzene rings is 3. The number of hydrogen-bond acceptors (Lipinski definition) is 9. The van der Waals surface area contributed by atoms with Crippen molar-refractivity contribution in [1.82, 2.24) is 0 Å². The summed E-state index contributed by atoms with van der Waals surface area (Å²) in [5.41, 5.74) is 2.73. The summed E-state index contributed by atoms with van der Waals surface area (Å²) in [5, 5.41) is 2.50. The minimum Gasteiger partial charge on any atom is -0.748 e. The highest BCUT2D eigenvalue weighted by Gasteiger charge is 2.34. The Morgan fingerprint density at radius 2 is 1.54 bits per heavy atom. The van der Waals surface area contributed by atoms with Crippen molar-refractivity contribution in [3.63, 3.8) is 0 Å². The van der Waals surface area contributed by atoms with E-state index < -0.39 is 31.7 Å². The van der Waals surface area contributed by atoms with Crippen LogP contribution in [-0.2, 0) is 26.8 Å². The lowest BCUT2D eigenvalue weighted by Gasteiger charge is -2.24. The van der Waals surface area contributed by atoms with E-state index in [-0.39, 0.29) is 25.9 Å². The molecule has 0 aliphatic carbocycles. The van der Waals surface area contributed by atoms with Crippen molar-refractivity contribution in [2.45, 2.75) is 26.3 Å². The molecule has 0 amide bonds. The Balaban J connectivity index is 1.68. The van der Waals surface area contributed by atoms with E-state index in [1.165, 1.54) is 0 Å². The second-order valence-electron chi connectivity index (χ2n) is 9.61. The van der Waals surface area contributed by atoms with E-state index in [1.807, 2.05) is 57.7 Å². The number of aryl methyl sites for hydroxylation is 1. The van der Waals surface area contributed by atoms with Crippen LogP contribution in [0.15, 0.2) is 58.8 Å². The number of rotatable bonds is 10. The lowest BCUT2D eigenvalue weighted by atomic mass is 10.1. The highest BCUT2D eigenvalue weighted by atomic mass is 35.5. The van der Waals surface area contributed by atoms with E-state index in [0.717, 1.165) is 22.0 Å². The van der Waals surface area contributed by atoms with Gasteiger partial charge in [-0.15, -0.1) is 0 Å². The molecule has 0 fully saturated rings. The normalized spacial score (nSPS) is 15.0. The first-order valence-corrected chi connectivity index (χ1v) is 16.7. The molecule has 0 radical (unpaired) electrons. The standard InChI is InChI=1S/C27H27Cl2N3O7S2/c1-2-30-22-15-20(28)21(29)16-23(22)31(11-5-13-40(33,34)35)25(30)17-26-32(12-6-14-41(36,37)38)27-19-8-4-3-7-18(19)9-10-24(27)39-26/h3-4,7-10,15-17H,2,5-6,11-14H2,1H3,(H-,33,34,35,36,37,38)/p-1.